The summed E-state index contributed by atoms with van der Waals surface area (Å²) in [7, 11) is 0. The molecule has 0 bridgehead atoms. The summed E-state index contributed by atoms with van der Waals surface area (Å²) in [6.07, 6.45) is 7.41. The normalized spacial score (nSPS) is 26.6. The van der Waals surface area contributed by atoms with E-state index in [1.165, 1.54) is 57.6 Å². The Labute approximate surface area is 110 Å². The van der Waals surface area contributed by atoms with E-state index in [1.54, 1.807) is 0 Å². The molecule has 1 unspecified atom stereocenters. The maximum atomic E-state index is 4.45. The number of hydrogen-bond acceptors (Lipinski definition) is 3. The van der Waals surface area contributed by atoms with Crippen molar-refractivity contribution in [3.63, 3.8) is 0 Å². The van der Waals surface area contributed by atoms with Crippen molar-refractivity contribution in [1.82, 2.24) is 14.8 Å². The van der Waals surface area contributed by atoms with Crippen LogP contribution in [0.2, 0.25) is 0 Å². The van der Waals surface area contributed by atoms with Gasteiger partial charge in [0.2, 0.25) is 0 Å². The molecule has 3 heteroatoms. The van der Waals surface area contributed by atoms with Crippen molar-refractivity contribution in [3.05, 3.63) is 30.1 Å². The zero-order valence-electron chi connectivity index (χ0n) is 11.1. The van der Waals surface area contributed by atoms with Crippen LogP contribution in [0.25, 0.3) is 0 Å². The van der Waals surface area contributed by atoms with Crippen LogP contribution in [0.3, 0.4) is 0 Å². The van der Waals surface area contributed by atoms with Crippen LogP contribution in [0.1, 0.15) is 31.4 Å². The topological polar surface area (TPSA) is 19.4 Å². The Morgan fingerprint density at radius 2 is 2.06 bits per heavy atom. The third-order valence-electron chi connectivity index (χ3n) is 4.25. The summed E-state index contributed by atoms with van der Waals surface area (Å²) in [4.78, 5) is 9.76. The highest BCUT2D eigenvalue weighted by Crippen LogP contribution is 2.21. The molecule has 1 aromatic heterocycles. The Hall–Kier alpha value is -0.930. The van der Waals surface area contributed by atoms with Crippen LogP contribution >= 0.6 is 0 Å². The van der Waals surface area contributed by atoms with Gasteiger partial charge in [-0.25, -0.2) is 0 Å². The molecule has 0 saturated carbocycles. The number of piperidine rings is 1. The van der Waals surface area contributed by atoms with E-state index in [1.807, 2.05) is 12.3 Å². The van der Waals surface area contributed by atoms with E-state index in [9.17, 15) is 0 Å². The summed E-state index contributed by atoms with van der Waals surface area (Å²) < 4.78 is 0. The Bertz CT molecular complexity index is 365. The first kappa shape index (κ1) is 12.1. The summed E-state index contributed by atoms with van der Waals surface area (Å²) in [6, 6.07) is 7.02. The lowest BCUT2D eigenvalue weighted by molar-refractivity contribution is 0.134. The molecule has 0 spiro atoms. The van der Waals surface area contributed by atoms with Crippen molar-refractivity contribution in [2.24, 2.45) is 0 Å². The molecule has 1 atom stereocenters. The van der Waals surface area contributed by atoms with Gasteiger partial charge < -0.3 is 0 Å². The van der Waals surface area contributed by atoms with Crippen LogP contribution in [0.15, 0.2) is 24.4 Å². The van der Waals surface area contributed by atoms with Gasteiger partial charge in [-0.15, -0.1) is 0 Å². The second-order valence-corrected chi connectivity index (χ2v) is 5.60. The summed E-state index contributed by atoms with van der Waals surface area (Å²) in [6.45, 7) is 6.09. The summed E-state index contributed by atoms with van der Waals surface area (Å²) in [5.74, 6) is 0. The maximum absolute atomic E-state index is 4.45. The zero-order valence-corrected chi connectivity index (χ0v) is 11.1. The first-order valence-corrected chi connectivity index (χ1v) is 7.28. The molecular weight excluding hydrogens is 222 g/mol. The first-order valence-electron chi connectivity index (χ1n) is 7.28. The molecule has 0 aromatic carbocycles. The Morgan fingerprint density at radius 3 is 2.94 bits per heavy atom. The van der Waals surface area contributed by atoms with Gasteiger partial charge in [-0.3, -0.25) is 14.8 Å². The van der Waals surface area contributed by atoms with Crippen molar-refractivity contribution in [3.8, 4) is 0 Å². The number of pyridine rings is 1. The van der Waals surface area contributed by atoms with E-state index >= 15 is 0 Å². The standard InChI is InChI=1S/C15H23N3/c1-3-8-16-14(6-1)12-17-9-5-11-18-10-4-2-7-15(18)13-17/h1,3,6,8,15H,2,4-5,7,9-13H2. The molecule has 0 amide bonds. The van der Waals surface area contributed by atoms with Gasteiger partial charge in [0.05, 0.1) is 5.69 Å². The van der Waals surface area contributed by atoms with Crippen molar-refractivity contribution in [1.29, 1.82) is 0 Å². The highest BCUT2D eigenvalue weighted by atomic mass is 15.2. The van der Waals surface area contributed by atoms with Crippen molar-refractivity contribution < 1.29 is 0 Å². The fourth-order valence-corrected chi connectivity index (χ4v) is 3.31. The average Bonchev–Trinajstić information content (AvgIpc) is 2.61. The molecular formula is C15H23N3. The first-order chi connectivity index (χ1) is 8.92. The molecule has 1 aromatic rings. The third-order valence-corrected chi connectivity index (χ3v) is 4.25. The van der Waals surface area contributed by atoms with Gasteiger partial charge in [-0.1, -0.05) is 12.5 Å². The number of fused-ring (bicyclic) bond motifs is 1. The largest absolute Gasteiger partial charge is 0.299 e. The van der Waals surface area contributed by atoms with Crippen LogP contribution in [0, 0.1) is 0 Å². The molecule has 98 valence electrons. The molecule has 2 saturated heterocycles. The number of hydrogen-bond donors (Lipinski definition) is 0. The van der Waals surface area contributed by atoms with E-state index in [-0.39, 0.29) is 0 Å². The number of aromatic nitrogens is 1. The Balaban J connectivity index is 1.63. The van der Waals surface area contributed by atoms with Gasteiger partial charge in [-0.2, -0.15) is 0 Å². The molecule has 2 fully saturated rings. The monoisotopic (exact) mass is 245 g/mol. The average molecular weight is 245 g/mol. The summed E-state index contributed by atoms with van der Waals surface area (Å²) >= 11 is 0. The molecule has 0 aliphatic carbocycles. The minimum absolute atomic E-state index is 0.796. The zero-order chi connectivity index (χ0) is 12.2. The van der Waals surface area contributed by atoms with E-state index in [0.717, 1.165) is 12.6 Å². The van der Waals surface area contributed by atoms with Crippen molar-refractivity contribution in [2.75, 3.05) is 26.2 Å². The van der Waals surface area contributed by atoms with Gasteiger partial charge >= 0.3 is 0 Å². The lowest BCUT2D eigenvalue weighted by Gasteiger charge is -2.35. The lowest BCUT2D eigenvalue weighted by atomic mass is 10.0. The molecule has 3 rings (SSSR count). The summed E-state index contributed by atoms with van der Waals surface area (Å²) in [5, 5.41) is 0. The SMILES string of the molecule is c1ccc(CN2CCCN3CCCCC3C2)nc1. The summed E-state index contributed by atoms with van der Waals surface area (Å²) in [5.41, 5.74) is 1.21. The quantitative estimate of drug-likeness (QED) is 0.796. The minimum atomic E-state index is 0.796. The highest BCUT2D eigenvalue weighted by molar-refractivity contribution is 5.03. The fourth-order valence-electron chi connectivity index (χ4n) is 3.31. The molecule has 2 aliphatic heterocycles. The molecule has 0 radical (unpaired) electrons. The van der Waals surface area contributed by atoms with Gasteiger partial charge in [0, 0.05) is 25.3 Å². The fraction of sp³-hybridized carbons (Fsp3) is 0.667. The van der Waals surface area contributed by atoms with E-state index in [0.29, 0.717) is 0 Å². The molecule has 3 nitrogen and oxygen atoms in total. The van der Waals surface area contributed by atoms with Crippen molar-refractivity contribution in [2.45, 2.75) is 38.3 Å². The van der Waals surface area contributed by atoms with Crippen LogP contribution in [0.4, 0.5) is 0 Å². The van der Waals surface area contributed by atoms with Gasteiger partial charge in [0.1, 0.15) is 0 Å². The van der Waals surface area contributed by atoms with Crippen molar-refractivity contribution >= 4 is 0 Å². The smallest absolute Gasteiger partial charge is 0.0543 e. The molecule has 2 aliphatic rings. The van der Waals surface area contributed by atoms with Crippen LogP contribution < -0.4 is 0 Å². The Morgan fingerprint density at radius 1 is 1.11 bits per heavy atom. The molecule has 3 heterocycles. The predicted molar refractivity (Wildman–Crippen MR) is 73.3 cm³/mol. The predicted octanol–water partition coefficient (Wildman–Crippen LogP) is 2.14. The Kier molecular flexibility index (Phi) is 3.91. The third kappa shape index (κ3) is 2.90. The number of nitrogens with zero attached hydrogens (tertiary/aromatic N) is 3. The maximum Gasteiger partial charge on any atom is 0.0543 e. The van der Waals surface area contributed by atoms with Crippen LogP contribution in [-0.4, -0.2) is 47.0 Å². The van der Waals surface area contributed by atoms with Gasteiger partial charge in [-0.05, 0) is 51.0 Å². The highest BCUT2D eigenvalue weighted by Gasteiger charge is 2.26. The van der Waals surface area contributed by atoms with Crippen LogP contribution in [0.5, 0.6) is 0 Å². The van der Waals surface area contributed by atoms with Gasteiger partial charge in [0.25, 0.3) is 0 Å². The number of rotatable bonds is 2. The lowest BCUT2D eigenvalue weighted by Crippen LogP contribution is -2.43. The minimum Gasteiger partial charge on any atom is -0.299 e. The van der Waals surface area contributed by atoms with E-state index < -0.39 is 0 Å². The van der Waals surface area contributed by atoms with E-state index in [4.69, 9.17) is 0 Å². The van der Waals surface area contributed by atoms with Gasteiger partial charge in [0.15, 0.2) is 0 Å². The second-order valence-electron chi connectivity index (χ2n) is 5.60. The van der Waals surface area contributed by atoms with Crippen LogP contribution in [-0.2, 0) is 6.54 Å². The second kappa shape index (κ2) is 5.81. The molecule has 0 N–H and O–H groups in total. The van der Waals surface area contributed by atoms with E-state index in [2.05, 4.69) is 26.9 Å². The molecule has 18 heavy (non-hydrogen) atoms.